The van der Waals surface area contributed by atoms with Gasteiger partial charge in [-0.1, -0.05) is 38.4 Å². The number of hydrogen-bond acceptors (Lipinski definition) is 5. The molecule has 1 aliphatic carbocycles. The zero-order chi connectivity index (χ0) is 29.3. The van der Waals surface area contributed by atoms with E-state index < -0.39 is 52.3 Å². The summed E-state index contributed by atoms with van der Waals surface area (Å²) in [6.07, 6.45) is -4.58. The number of aliphatic carboxylic acids is 1. The highest BCUT2D eigenvalue weighted by atomic mass is 35.5. The Labute approximate surface area is 230 Å². The standard InChI is InChI=1S/C27H35ClF3N3O5/c1-25(2,3)15-33(14-19(35)21-18(28)7-6-8-20(21)39-5)23(36)17-13-32-34(22(17)27(29,30)31)16-9-11-26(4,12-10-16)24(37)38/h6-8,13,16,19,35H,9-12,14-15H2,1-5H3,(H,37,38)/t16?,19-,26?/m1/s1. The number of nitrogens with zero attached hydrogens (tertiary/aromatic N) is 3. The Morgan fingerprint density at radius 1 is 1.26 bits per heavy atom. The van der Waals surface area contributed by atoms with Crippen molar-refractivity contribution in [2.24, 2.45) is 10.8 Å². The molecule has 0 aliphatic heterocycles. The van der Waals surface area contributed by atoms with Crippen LogP contribution >= 0.6 is 11.6 Å². The third kappa shape index (κ3) is 6.87. The fraction of sp³-hybridized carbons (Fsp3) is 0.593. The second-order valence-corrected chi connectivity index (χ2v) is 12.0. The van der Waals surface area contributed by atoms with Crippen molar-refractivity contribution in [2.45, 2.75) is 71.7 Å². The Morgan fingerprint density at radius 3 is 2.38 bits per heavy atom. The van der Waals surface area contributed by atoms with Crippen molar-refractivity contribution < 1.29 is 37.7 Å². The molecule has 0 spiro atoms. The van der Waals surface area contributed by atoms with Gasteiger partial charge >= 0.3 is 12.1 Å². The largest absolute Gasteiger partial charge is 0.496 e. The Balaban J connectivity index is 1.98. The lowest BCUT2D eigenvalue weighted by atomic mass is 9.74. The number of halogens is 4. The van der Waals surface area contributed by atoms with Crippen molar-refractivity contribution in [3.05, 3.63) is 46.2 Å². The number of rotatable bonds is 8. The second-order valence-electron chi connectivity index (χ2n) is 11.6. The number of hydrogen-bond donors (Lipinski definition) is 2. The summed E-state index contributed by atoms with van der Waals surface area (Å²) in [5, 5.41) is 24.7. The highest BCUT2D eigenvalue weighted by Crippen LogP contribution is 2.44. The molecule has 1 atom stereocenters. The molecule has 3 rings (SSSR count). The smallest absolute Gasteiger partial charge is 0.433 e. The van der Waals surface area contributed by atoms with Crippen molar-refractivity contribution in [2.75, 3.05) is 20.2 Å². The molecule has 12 heteroatoms. The number of methoxy groups -OCH3 is 1. The molecule has 1 aromatic carbocycles. The van der Waals surface area contributed by atoms with Gasteiger partial charge in [-0.2, -0.15) is 18.3 Å². The van der Waals surface area contributed by atoms with Crippen LogP contribution in [-0.2, 0) is 11.0 Å². The van der Waals surface area contributed by atoms with E-state index in [4.69, 9.17) is 16.3 Å². The van der Waals surface area contributed by atoms with Crippen LogP contribution < -0.4 is 4.74 Å². The van der Waals surface area contributed by atoms with Crippen LogP contribution in [-0.4, -0.2) is 57.0 Å². The van der Waals surface area contributed by atoms with Gasteiger partial charge in [-0.3, -0.25) is 14.3 Å². The molecule has 0 bridgehead atoms. The molecule has 0 unspecified atom stereocenters. The number of aliphatic hydroxyl groups is 1. The molecular weight excluding hydrogens is 539 g/mol. The lowest BCUT2D eigenvalue weighted by Gasteiger charge is -2.35. The number of carbonyl (C=O) groups is 2. The number of ether oxygens (including phenoxy) is 1. The monoisotopic (exact) mass is 573 g/mol. The van der Waals surface area contributed by atoms with Crippen LogP contribution in [0.3, 0.4) is 0 Å². The van der Waals surface area contributed by atoms with E-state index >= 15 is 0 Å². The molecular formula is C27H35ClF3N3O5. The molecule has 39 heavy (non-hydrogen) atoms. The number of amides is 1. The minimum atomic E-state index is -4.90. The quantitative estimate of drug-likeness (QED) is 0.402. The summed E-state index contributed by atoms with van der Waals surface area (Å²) in [4.78, 5) is 26.5. The van der Waals surface area contributed by atoms with Crippen molar-refractivity contribution in [3.8, 4) is 5.75 Å². The first-order valence-corrected chi connectivity index (χ1v) is 13.0. The first-order chi connectivity index (χ1) is 18.0. The highest BCUT2D eigenvalue weighted by Gasteiger charge is 2.45. The van der Waals surface area contributed by atoms with Crippen LogP contribution in [0.2, 0.25) is 5.02 Å². The number of carbonyl (C=O) groups excluding carboxylic acids is 1. The number of carboxylic acid groups (broad SMARTS) is 1. The second kappa shape index (κ2) is 11.4. The van der Waals surface area contributed by atoms with Crippen LogP contribution in [0, 0.1) is 10.8 Å². The molecule has 216 valence electrons. The van der Waals surface area contributed by atoms with Gasteiger partial charge in [0.05, 0.1) is 41.9 Å². The van der Waals surface area contributed by atoms with Crippen LogP contribution in [0.25, 0.3) is 0 Å². The molecule has 1 amide bonds. The van der Waals surface area contributed by atoms with Gasteiger partial charge in [-0.25, -0.2) is 0 Å². The average molecular weight is 574 g/mol. The van der Waals surface area contributed by atoms with E-state index in [1.807, 2.05) is 20.8 Å². The van der Waals surface area contributed by atoms with Crippen LogP contribution in [0.4, 0.5) is 13.2 Å². The van der Waals surface area contributed by atoms with E-state index in [1.165, 1.54) is 12.0 Å². The molecule has 0 radical (unpaired) electrons. The van der Waals surface area contributed by atoms with Crippen LogP contribution in [0.15, 0.2) is 24.4 Å². The van der Waals surface area contributed by atoms with E-state index in [0.717, 1.165) is 10.9 Å². The molecule has 1 fully saturated rings. The van der Waals surface area contributed by atoms with E-state index in [1.54, 1.807) is 25.1 Å². The minimum absolute atomic E-state index is 0.0402. The van der Waals surface area contributed by atoms with Gasteiger partial charge in [0.1, 0.15) is 11.9 Å². The maximum atomic E-state index is 14.4. The predicted molar refractivity (Wildman–Crippen MR) is 139 cm³/mol. The van der Waals surface area contributed by atoms with Crippen molar-refractivity contribution >= 4 is 23.5 Å². The van der Waals surface area contributed by atoms with Crippen molar-refractivity contribution in [1.29, 1.82) is 0 Å². The average Bonchev–Trinajstić information content (AvgIpc) is 3.28. The van der Waals surface area contributed by atoms with E-state index in [2.05, 4.69) is 5.10 Å². The summed E-state index contributed by atoms with van der Waals surface area (Å²) in [6.45, 7) is 6.76. The highest BCUT2D eigenvalue weighted by molar-refractivity contribution is 6.31. The van der Waals surface area contributed by atoms with Gasteiger partial charge in [-0.15, -0.1) is 0 Å². The van der Waals surface area contributed by atoms with Gasteiger partial charge in [-0.05, 0) is 50.2 Å². The van der Waals surface area contributed by atoms with Gasteiger partial charge in [0.25, 0.3) is 5.91 Å². The third-order valence-electron chi connectivity index (χ3n) is 7.13. The Kier molecular flexibility index (Phi) is 8.96. The fourth-order valence-corrected chi connectivity index (χ4v) is 5.35. The number of alkyl halides is 3. The van der Waals surface area contributed by atoms with Crippen molar-refractivity contribution in [3.63, 3.8) is 0 Å². The fourth-order valence-electron chi connectivity index (χ4n) is 5.06. The van der Waals surface area contributed by atoms with Crippen LogP contribution in [0.1, 0.15) is 87.1 Å². The summed E-state index contributed by atoms with van der Waals surface area (Å²) >= 11 is 6.29. The summed E-state index contributed by atoms with van der Waals surface area (Å²) in [5.41, 5.74) is -3.11. The summed E-state index contributed by atoms with van der Waals surface area (Å²) in [5.74, 6) is -1.63. The molecule has 2 aromatic rings. The zero-order valence-electron chi connectivity index (χ0n) is 22.7. The van der Waals surface area contributed by atoms with Crippen molar-refractivity contribution in [1.82, 2.24) is 14.7 Å². The summed E-state index contributed by atoms with van der Waals surface area (Å²) in [7, 11) is 1.40. The molecule has 1 aromatic heterocycles. The minimum Gasteiger partial charge on any atom is -0.496 e. The predicted octanol–water partition coefficient (Wildman–Crippen LogP) is 5.99. The van der Waals surface area contributed by atoms with E-state index in [9.17, 15) is 33.0 Å². The van der Waals surface area contributed by atoms with Gasteiger partial charge < -0.3 is 19.8 Å². The number of benzene rings is 1. The first kappa shape index (κ1) is 30.7. The lowest BCUT2D eigenvalue weighted by molar-refractivity contribution is -0.152. The SMILES string of the molecule is COc1cccc(Cl)c1[C@H](O)CN(CC(C)(C)C)C(=O)c1cnn(C2CCC(C)(C(=O)O)CC2)c1C(F)(F)F. The number of carboxylic acids is 1. The topological polar surface area (TPSA) is 105 Å². The Hall–Kier alpha value is -2.79. The summed E-state index contributed by atoms with van der Waals surface area (Å²) < 4.78 is 49.3. The molecule has 1 heterocycles. The molecule has 8 nitrogen and oxygen atoms in total. The van der Waals surface area contributed by atoms with Gasteiger partial charge in [0.15, 0.2) is 5.69 Å². The number of aromatic nitrogens is 2. The van der Waals surface area contributed by atoms with Gasteiger partial charge in [0.2, 0.25) is 0 Å². The Bertz CT molecular complexity index is 1200. The lowest BCUT2D eigenvalue weighted by Crippen LogP contribution is -2.41. The maximum absolute atomic E-state index is 14.4. The van der Waals surface area contributed by atoms with E-state index in [-0.39, 0.29) is 55.1 Å². The third-order valence-corrected chi connectivity index (χ3v) is 7.46. The zero-order valence-corrected chi connectivity index (χ0v) is 23.4. The summed E-state index contributed by atoms with van der Waals surface area (Å²) in [6, 6.07) is 4.06. The van der Waals surface area contributed by atoms with Gasteiger partial charge in [0, 0.05) is 12.1 Å². The van der Waals surface area contributed by atoms with Crippen LogP contribution in [0.5, 0.6) is 5.75 Å². The molecule has 1 aliphatic rings. The first-order valence-electron chi connectivity index (χ1n) is 12.7. The van der Waals surface area contributed by atoms with E-state index in [0.29, 0.717) is 0 Å². The normalized spacial score (nSPS) is 20.9. The molecule has 0 saturated heterocycles. The number of aliphatic hydroxyl groups excluding tert-OH is 1. The molecule has 1 saturated carbocycles. The Morgan fingerprint density at radius 2 is 1.87 bits per heavy atom. The molecule has 2 N–H and O–H groups in total. The maximum Gasteiger partial charge on any atom is 0.433 e.